The van der Waals surface area contributed by atoms with Gasteiger partial charge < -0.3 is 19.1 Å². The average molecular weight is 432 g/mol. The summed E-state index contributed by atoms with van der Waals surface area (Å²) in [5.41, 5.74) is 2.95. The Balaban J connectivity index is 1.25. The predicted molar refractivity (Wildman–Crippen MR) is 124 cm³/mol. The van der Waals surface area contributed by atoms with E-state index in [1.807, 2.05) is 82.5 Å². The van der Waals surface area contributed by atoms with Crippen LogP contribution in [0.15, 0.2) is 73.1 Å². The summed E-state index contributed by atoms with van der Waals surface area (Å²) in [7, 11) is 0. The zero-order chi connectivity index (χ0) is 22.3. The fourth-order valence-electron chi connectivity index (χ4n) is 3.90. The Bertz CT molecular complexity index is 1020. The van der Waals surface area contributed by atoms with E-state index in [9.17, 15) is 9.59 Å². The number of ether oxygens (including phenoxy) is 1. The van der Waals surface area contributed by atoms with Crippen molar-refractivity contribution in [1.82, 2.24) is 14.4 Å². The minimum atomic E-state index is -0.0502. The van der Waals surface area contributed by atoms with Gasteiger partial charge in [0.05, 0.1) is 0 Å². The third kappa shape index (κ3) is 5.19. The fraction of sp³-hybridized carbons (Fsp3) is 0.308. The van der Waals surface area contributed by atoms with Crippen molar-refractivity contribution in [2.75, 3.05) is 32.8 Å². The molecule has 32 heavy (non-hydrogen) atoms. The Kier molecular flexibility index (Phi) is 6.90. The number of amides is 2. The van der Waals surface area contributed by atoms with Crippen molar-refractivity contribution in [2.45, 2.75) is 19.8 Å². The summed E-state index contributed by atoms with van der Waals surface area (Å²) in [5.74, 6) is 0.653. The molecule has 3 aromatic rings. The highest BCUT2D eigenvalue weighted by atomic mass is 16.5. The van der Waals surface area contributed by atoms with Gasteiger partial charge in [-0.3, -0.25) is 9.59 Å². The van der Waals surface area contributed by atoms with Crippen LogP contribution in [0, 0.1) is 0 Å². The van der Waals surface area contributed by atoms with E-state index < -0.39 is 0 Å². The Hall–Kier alpha value is -3.54. The molecule has 0 saturated carbocycles. The Labute approximate surface area is 189 Å². The van der Waals surface area contributed by atoms with Gasteiger partial charge in [-0.15, -0.1) is 0 Å². The Morgan fingerprint density at radius 3 is 2.09 bits per heavy atom. The SMILES string of the molecule is CCCc1ccc(OCC(=O)N2CCN(C(=O)c3ccc(-n4cccc4)cc3)CC2)cc1. The number of carbonyl (C=O) groups excluding carboxylic acids is 2. The highest BCUT2D eigenvalue weighted by Gasteiger charge is 2.25. The first-order valence-corrected chi connectivity index (χ1v) is 11.2. The van der Waals surface area contributed by atoms with Gasteiger partial charge in [0, 0.05) is 49.8 Å². The van der Waals surface area contributed by atoms with Crippen molar-refractivity contribution in [1.29, 1.82) is 0 Å². The van der Waals surface area contributed by atoms with Gasteiger partial charge in [0.1, 0.15) is 5.75 Å². The van der Waals surface area contributed by atoms with E-state index in [0.717, 1.165) is 18.5 Å². The smallest absolute Gasteiger partial charge is 0.260 e. The third-order valence-corrected chi connectivity index (χ3v) is 5.76. The number of nitrogens with zero attached hydrogens (tertiary/aromatic N) is 3. The van der Waals surface area contributed by atoms with Gasteiger partial charge >= 0.3 is 0 Å². The molecular weight excluding hydrogens is 402 g/mol. The van der Waals surface area contributed by atoms with Crippen LogP contribution < -0.4 is 4.74 Å². The fourth-order valence-corrected chi connectivity index (χ4v) is 3.90. The molecule has 0 radical (unpaired) electrons. The highest BCUT2D eigenvalue weighted by Crippen LogP contribution is 2.15. The van der Waals surface area contributed by atoms with Crippen LogP contribution in [-0.4, -0.2) is 59.0 Å². The number of piperazine rings is 1. The van der Waals surface area contributed by atoms with Crippen LogP contribution in [0.2, 0.25) is 0 Å². The molecule has 1 fully saturated rings. The molecule has 0 N–H and O–H groups in total. The lowest BCUT2D eigenvalue weighted by atomic mass is 10.1. The van der Waals surface area contributed by atoms with E-state index in [1.54, 1.807) is 4.90 Å². The summed E-state index contributed by atoms with van der Waals surface area (Å²) in [4.78, 5) is 29.0. The Morgan fingerprint density at radius 2 is 1.47 bits per heavy atom. The summed E-state index contributed by atoms with van der Waals surface area (Å²) in [5, 5.41) is 0. The number of rotatable bonds is 7. The standard InChI is InChI=1S/C26H29N3O3/c1-2-5-21-6-12-24(13-7-21)32-20-25(30)28-16-18-29(19-17-28)26(31)22-8-10-23(11-9-22)27-14-3-4-15-27/h3-4,6-15H,2,5,16-20H2,1H3. The monoisotopic (exact) mass is 431 g/mol. The second-order valence-electron chi connectivity index (χ2n) is 7.99. The van der Waals surface area contributed by atoms with Crippen LogP contribution in [0.25, 0.3) is 5.69 Å². The first-order valence-electron chi connectivity index (χ1n) is 11.2. The van der Waals surface area contributed by atoms with Crippen molar-refractivity contribution in [3.63, 3.8) is 0 Å². The van der Waals surface area contributed by atoms with Crippen LogP contribution in [-0.2, 0) is 11.2 Å². The maximum Gasteiger partial charge on any atom is 0.260 e. The van der Waals surface area contributed by atoms with Crippen LogP contribution in [0.4, 0.5) is 0 Å². The molecule has 1 saturated heterocycles. The molecule has 1 aliphatic heterocycles. The summed E-state index contributed by atoms with van der Waals surface area (Å²) < 4.78 is 7.67. The van der Waals surface area contributed by atoms with Crippen molar-refractivity contribution in [3.05, 3.63) is 84.2 Å². The second-order valence-corrected chi connectivity index (χ2v) is 7.99. The van der Waals surface area contributed by atoms with Crippen molar-refractivity contribution < 1.29 is 14.3 Å². The van der Waals surface area contributed by atoms with E-state index in [2.05, 4.69) is 6.92 Å². The molecule has 0 unspecified atom stereocenters. The highest BCUT2D eigenvalue weighted by molar-refractivity contribution is 5.94. The van der Waals surface area contributed by atoms with E-state index >= 15 is 0 Å². The van der Waals surface area contributed by atoms with Crippen LogP contribution in [0.3, 0.4) is 0 Å². The predicted octanol–water partition coefficient (Wildman–Crippen LogP) is 3.79. The number of hydrogen-bond acceptors (Lipinski definition) is 3. The second kappa shape index (κ2) is 10.2. The molecular formula is C26H29N3O3. The molecule has 1 aromatic heterocycles. The normalized spacial score (nSPS) is 13.8. The molecule has 166 valence electrons. The third-order valence-electron chi connectivity index (χ3n) is 5.76. The number of aryl methyl sites for hydroxylation is 1. The van der Waals surface area contributed by atoms with Crippen molar-refractivity contribution in [3.8, 4) is 11.4 Å². The van der Waals surface area contributed by atoms with Gasteiger partial charge in [-0.25, -0.2) is 0 Å². The maximum atomic E-state index is 12.8. The van der Waals surface area contributed by atoms with Gasteiger partial charge in [0.2, 0.25) is 0 Å². The van der Waals surface area contributed by atoms with Crippen molar-refractivity contribution in [2.24, 2.45) is 0 Å². The van der Waals surface area contributed by atoms with E-state index in [-0.39, 0.29) is 18.4 Å². The Morgan fingerprint density at radius 1 is 0.844 bits per heavy atom. The lowest BCUT2D eigenvalue weighted by molar-refractivity contribution is -0.134. The molecule has 0 bridgehead atoms. The van der Waals surface area contributed by atoms with Crippen molar-refractivity contribution >= 4 is 11.8 Å². The average Bonchev–Trinajstić information content (AvgIpc) is 3.38. The van der Waals surface area contributed by atoms with Gasteiger partial charge in [-0.1, -0.05) is 25.5 Å². The molecule has 0 atom stereocenters. The van der Waals surface area contributed by atoms with Crippen LogP contribution in [0.5, 0.6) is 5.75 Å². The number of hydrogen-bond donors (Lipinski definition) is 0. The van der Waals surface area contributed by atoms with Gasteiger partial charge in [0.15, 0.2) is 6.61 Å². The van der Waals surface area contributed by atoms with Gasteiger partial charge in [-0.2, -0.15) is 0 Å². The number of carbonyl (C=O) groups is 2. The van der Waals surface area contributed by atoms with E-state index in [0.29, 0.717) is 37.5 Å². The summed E-state index contributed by atoms with van der Waals surface area (Å²) >= 11 is 0. The molecule has 6 heteroatoms. The lowest BCUT2D eigenvalue weighted by Gasteiger charge is -2.34. The van der Waals surface area contributed by atoms with E-state index in [1.165, 1.54) is 5.56 Å². The van der Waals surface area contributed by atoms with Gasteiger partial charge in [-0.05, 0) is 60.5 Å². The van der Waals surface area contributed by atoms with Crippen LogP contribution in [0.1, 0.15) is 29.3 Å². The lowest BCUT2D eigenvalue weighted by Crippen LogP contribution is -2.51. The molecule has 6 nitrogen and oxygen atoms in total. The summed E-state index contributed by atoms with van der Waals surface area (Å²) in [6.45, 7) is 4.25. The van der Waals surface area contributed by atoms with Gasteiger partial charge in [0.25, 0.3) is 11.8 Å². The molecule has 0 spiro atoms. The first kappa shape index (κ1) is 21.7. The summed E-state index contributed by atoms with van der Waals surface area (Å²) in [6.07, 6.45) is 6.09. The largest absolute Gasteiger partial charge is 0.484 e. The molecule has 2 heterocycles. The summed E-state index contributed by atoms with van der Waals surface area (Å²) in [6, 6.07) is 19.4. The topological polar surface area (TPSA) is 54.8 Å². The quantitative estimate of drug-likeness (QED) is 0.572. The maximum absolute atomic E-state index is 12.8. The van der Waals surface area contributed by atoms with E-state index in [4.69, 9.17) is 4.74 Å². The zero-order valence-corrected chi connectivity index (χ0v) is 18.4. The molecule has 2 amide bonds. The minimum absolute atomic E-state index is 0.000394. The zero-order valence-electron chi connectivity index (χ0n) is 18.4. The number of benzene rings is 2. The molecule has 2 aromatic carbocycles. The number of aromatic nitrogens is 1. The minimum Gasteiger partial charge on any atom is -0.484 e. The molecule has 4 rings (SSSR count). The first-order chi connectivity index (χ1) is 15.6. The van der Waals surface area contributed by atoms with Crippen LogP contribution >= 0.6 is 0 Å². The molecule has 1 aliphatic rings. The molecule has 0 aliphatic carbocycles.